The van der Waals surface area contributed by atoms with Gasteiger partial charge in [0.25, 0.3) is 0 Å². The first-order valence-electron chi connectivity index (χ1n) is 4.30. The second-order valence-electron chi connectivity index (χ2n) is 3.00. The highest BCUT2D eigenvalue weighted by atomic mass is 32.2. The van der Waals surface area contributed by atoms with Gasteiger partial charge in [-0.3, -0.25) is 0 Å². The van der Waals surface area contributed by atoms with Gasteiger partial charge in [0.1, 0.15) is 5.75 Å². The van der Waals surface area contributed by atoms with Crippen molar-refractivity contribution < 1.29 is 15.0 Å². The highest BCUT2D eigenvalue weighted by Crippen LogP contribution is 2.33. The van der Waals surface area contributed by atoms with Crippen LogP contribution in [-0.2, 0) is 0 Å². The van der Waals surface area contributed by atoms with Gasteiger partial charge in [0.15, 0.2) is 0 Å². The van der Waals surface area contributed by atoms with Gasteiger partial charge in [0, 0.05) is 10.3 Å². The zero-order valence-electron chi connectivity index (χ0n) is 7.68. The third-order valence-corrected chi connectivity index (χ3v) is 2.81. The van der Waals surface area contributed by atoms with Crippen LogP contribution in [0.5, 0.6) is 5.75 Å². The number of hydrogen-bond acceptors (Lipinski definition) is 3. The van der Waals surface area contributed by atoms with Crippen LogP contribution in [0.15, 0.2) is 41.3 Å². The third-order valence-electron chi connectivity index (χ3n) is 2.06. The Kier molecular flexibility index (Phi) is 2.51. The van der Waals surface area contributed by atoms with E-state index in [4.69, 9.17) is 5.11 Å². The Labute approximate surface area is 90.4 Å². The van der Waals surface area contributed by atoms with Crippen LogP contribution in [0.1, 0.15) is 0 Å². The number of thioether (sulfide) groups is 1. The summed E-state index contributed by atoms with van der Waals surface area (Å²) in [5, 5.41) is 18.7. The highest BCUT2D eigenvalue weighted by Gasteiger charge is 2.08. The molecule has 2 rings (SSSR count). The summed E-state index contributed by atoms with van der Waals surface area (Å²) in [5.74, 6) is 0.167. The molecule has 2 N–H and O–H groups in total. The molecule has 0 saturated carbocycles. The molecule has 0 aliphatic heterocycles. The summed E-state index contributed by atoms with van der Waals surface area (Å²) >= 11 is 0.742. The molecule has 2 aromatic carbocycles. The van der Waals surface area contributed by atoms with Crippen molar-refractivity contribution in [2.24, 2.45) is 0 Å². The topological polar surface area (TPSA) is 57.5 Å². The van der Waals surface area contributed by atoms with E-state index in [1.807, 2.05) is 6.07 Å². The number of phenolic OH excluding ortho intramolecular Hbond substituents is 1. The minimum absolute atomic E-state index is 0.167. The number of aromatic hydroxyl groups is 1. The zero-order chi connectivity index (χ0) is 10.8. The smallest absolute Gasteiger partial charge is 0.369 e. The molecular formula is C11H8O3S. The van der Waals surface area contributed by atoms with Gasteiger partial charge in [-0.2, -0.15) is 0 Å². The fourth-order valence-electron chi connectivity index (χ4n) is 1.44. The maximum Gasteiger partial charge on any atom is 0.369 e. The minimum atomic E-state index is -0.953. The summed E-state index contributed by atoms with van der Waals surface area (Å²) in [6.45, 7) is 0. The van der Waals surface area contributed by atoms with Crippen molar-refractivity contribution in [3.8, 4) is 5.75 Å². The lowest BCUT2D eigenvalue weighted by Crippen LogP contribution is -1.85. The number of rotatable bonds is 1. The van der Waals surface area contributed by atoms with Crippen LogP contribution in [0.3, 0.4) is 0 Å². The first kappa shape index (κ1) is 9.86. The molecule has 0 aliphatic rings. The van der Waals surface area contributed by atoms with Crippen LogP contribution < -0.4 is 0 Å². The van der Waals surface area contributed by atoms with E-state index in [9.17, 15) is 9.90 Å². The van der Waals surface area contributed by atoms with Crippen molar-refractivity contribution in [2.45, 2.75) is 4.90 Å². The summed E-state index contributed by atoms with van der Waals surface area (Å²) in [5.41, 5.74) is 0. The molecule has 3 nitrogen and oxygen atoms in total. The molecule has 0 radical (unpaired) electrons. The van der Waals surface area contributed by atoms with Crippen LogP contribution in [0, 0.1) is 0 Å². The van der Waals surface area contributed by atoms with E-state index in [1.165, 1.54) is 6.07 Å². The van der Waals surface area contributed by atoms with Crippen LogP contribution in [0.4, 0.5) is 4.79 Å². The van der Waals surface area contributed by atoms with Crippen molar-refractivity contribution in [1.82, 2.24) is 0 Å². The van der Waals surface area contributed by atoms with Gasteiger partial charge < -0.3 is 10.2 Å². The molecule has 0 unspecified atom stereocenters. The molecule has 4 heteroatoms. The Balaban J connectivity index is 2.66. The Bertz CT molecular complexity index is 522. The van der Waals surface area contributed by atoms with Gasteiger partial charge in [0.05, 0.1) is 0 Å². The first-order valence-corrected chi connectivity index (χ1v) is 5.11. The molecule has 0 amide bonds. The summed E-state index contributed by atoms with van der Waals surface area (Å²) < 4.78 is 0. The van der Waals surface area contributed by atoms with Gasteiger partial charge >= 0.3 is 5.30 Å². The average molecular weight is 220 g/mol. The van der Waals surface area contributed by atoms with E-state index in [0.717, 1.165) is 17.1 Å². The maximum absolute atomic E-state index is 10.6. The number of phenols is 1. The average Bonchev–Trinajstić information content (AvgIpc) is 2.22. The lowest BCUT2D eigenvalue weighted by Gasteiger charge is -2.04. The van der Waals surface area contributed by atoms with Crippen molar-refractivity contribution in [3.05, 3.63) is 36.4 Å². The molecule has 0 saturated heterocycles. The summed E-state index contributed by atoms with van der Waals surface area (Å²) in [6, 6.07) is 10.3. The van der Waals surface area contributed by atoms with E-state index >= 15 is 0 Å². The summed E-state index contributed by atoms with van der Waals surface area (Å²) in [7, 11) is 0. The van der Waals surface area contributed by atoms with Gasteiger partial charge in [0.2, 0.25) is 0 Å². The third kappa shape index (κ3) is 1.89. The van der Waals surface area contributed by atoms with E-state index in [2.05, 4.69) is 0 Å². The number of benzene rings is 2. The monoisotopic (exact) mass is 220 g/mol. The predicted molar refractivity (Wildman–Crippen MR) is 59.5 cm³/mol. The van der Waals surface area contributed by atoms with Crippen LogP contribution in [0.2, 0.25) is 0 Å². The number of carboxylic acid groups (broad SMARTS) is 1. The van der Waals surface area contributed by atoms with Gasteiger partial charge in [-0.1, -0.05) is 24.3 Å². The van der Waals surface area contributed by atoms with Crippen molar-refractivity contribution >= 4 is 27.8 Å². The molecule has 0 aliphatic carbocycles. The second-order valence-corrected chi connectivity index (χ2v) is 3.99. The van der Waals surface area contributed by atoms with Gasteiger partial charge in [-0.05, 0) is 29.3 Å². The van der Waals surface area contributed by atoms with Gasteiger partial charge in [-0.25, -0.2) is 4.79 Å². The maximum atomic E-state index is 10.6. The Hall–Kier alpha value is -1.68. The number of carbonyl (C=O) groups is 1. The lowest BCUT2D eigenvalue weighted by atomic mass is 10.1. The van der Waals surface area contributed by atoms with Crippen molar-refractivity contribution in [2.75, 3.05) is 0 Å². The number of fused-ring (bicyclic) bond motifs is 1. The lowest BCUT2D eigenvalue weighted by molar-refractivity contribution is 0.222. The minimum Gasteiger partial charge on any atom is -0.507 e. The quantitative estimate of drug-likeness (QED) is 0.724. The zero-order valence-corrected chi connectivity index (χ0v) is 8.49. The molecule has 2 aromatic rings. The molecular weight excluding hydrogens is 212 g/mol. The molecule has 0 atom stereocenters. The summed E-state index contributed by atoms with van der Waals surface area (Å²) in [6.07, 6.45) is 0. The predicted octanol–water partition coefficient (Wildman–Crippen LogP) is 3.32. The Morgan fingerprint density at radius 1 is 1.07 bits per heavy atom. The van der Waals surface area contributed by atoms with Crippen molar-refractivity contribution in [1.29, 1.82) is 0 Å². The molecule has 0 heterocycles. The fraction of sp³-hybridized carbons (Fsp3) is 0. The molecule has 0 bridgehead atoms. The first-order chi connectivity index (χ1) is 7.18. The molecule has 15 heavy (non-hydrogen) atoms. The Morgan fingerprint density at radius 3 is 2.40 bits per heavy atom. The normalized spacial score (nSPS) is 10.4. The van der Waals surface area contributed by atoms with Crippen LogP contribution >= 0.6 is 11.8 Å². The standard InChI is InChI=1S/C11H8O3S/c12-9-5-6-10(15-11(13)14)8-4-2-1-3-7(8)9/h1-6,12H,(H,13,14). The Morgan fingerprint density at radius 2 is 1.73 bits per heavy atom. The highest BCUT2D eigenvalue weighted by molar-refractivity contribution is 8.13. The fourth-order valence-corrected chi connectivity index (χ4v) is 2.05. The molecule has 76 valence electrons. The van der Waals surface area contributed by atoms with Gasteiger partial charge in [-0.15, -0.1) is 0 Å². The van der Waals surface area contributed by atoms with E-state index in [-0.39, 0.29) is 5.75 Å². The van der Waals surface area contributed by atoms with E-state index < -0.39 is 5.30 Å². The number of hydrogen-bond donors (Lipinski definition) is 2. The molecule has 0 fully saturated rings. The second kappa shape index (κ2) is 3.82. The van der Waals surface area contributed by atoms with E-state index in [1.54, 1.807) is 24.3 Å². The van der Waals surface area contributed by atoms with Crippen LogP contribution in [0.25, 0.3) is 10.8 Å². The largest absolute Gasteiger partial charge is 0.507 e. The van der Waals surface area contributed by atoms with Crippen LogP contribution in [-0.4, -0.2) is 15.5 Å². The molecule has 0 aromatic heterocycles. The SMILES string of the molecule is O=C(O)Sc1ccc(O)c2ccccc12. The van der Waals surface area contributed by atoms with Crippen molar-refractivity contribution in [3.63, 3.8) is 0 Å². The summed E-state index contributed by atoms with van der Waals surface area (Å²) in [4.78, 5) is 11.2. The van der Waals surface area contributed by atoms with E-state index in [0.29, 0.717) is 10.3 Å². The molecule has 0 spiro atoms.